The maximum atomic E-state index is 11.7. The standard InChI is InChI=1S/C15H21NO5/c1-4-5-10(2)16-14(17)9-21-13-7-6-11(20-3)8-12(13)15(18)19/h6-8,10H,4-5,9H2,1-3H3,(H,16,17)(H,18,19). The summed E-state index contributed by atoms with van der Waals surface area (Å²) in [7, 11) is 1.45. The van der Waals surface area contributed by atoms with Crippen molar-refractivity contribution < 1.29 is 24.2 Å². The molecule has 0 aliphatic rings. The molecule has 1 rings (SSSR count). The summed E-state index contributed by atoms with van der Waals surface area (Å²) >= 11 is 0. The van der Waals surface area contributed by atoms with Gasteiger partial charge in [0.25, 0.3) is 5.91 Å². The summed E-state index contributed by atoms with van der Waals surface area (Å²) in [5, 5.41) is 11.9. The average molecular weight is 295 g/mol. The number of carbonyl (C=O) groups is 2. The minimum atomic E-state index is -1.14. The quantitative estimate of drug-likeness (QED) is 0.767. The molecule has 21 heavy (non-hydrogen) atoms. The summed E-state index contributed by atoms with van der Waals surface area (Å²) in [6.07, 6.45) is 1.86. The van der Waals surface area contributed by atoms with Crippen molar-refractivity contribution in [3.05, 3.63) is 23.8 Å². The molecular weight excluding hydrogens is 274 g/mol. The van der Waals surface area contributed by atoms with Crippen LogP contribution in [-0.2, 0) is 4.79 Å². The zero-order chi connectivity index (χ0) is 15.8. The zero-order valence-corrected chi connectivity index (χ0v) is 12.5. The van der Waals surface area contributed by atoms with Crippen LogP contribution in [0.2, 0.25) is 0 Å². The maximum Gasteiger partial charge on any atom is 0.339 e. The van der Waals surface area contributed by atoms with Gasteiger partial charge in [-0.1, -0.05) is 13.3 Å². The predicted octanol–water partition coefficient (Wildman–Crippen LogP) is 2.08. The van der Waals surface area contributed by atoms with Gasteiger partial charge in [-0.2, -0.15) is 0 Å². The molecule has 0 aromatic heterocycles. The number of nitrogens with one attached hydrogen (secondary N) is 1. The van der Waals surface area contributed by atoms with Crippen LogP contribution in [0.5, 0.6) is 11.5 Å². The highest BCUT2D eigenvalue weighted by Gasteiger charge is 2.14. The van der Waals surface area contributed by atoms with Crippen molar-refractivity contribution in [2.45, 2.75) is 32.7 Å². The summed E-state index contributed by atoms with van der Waals surface area (Å²) in [4.78, 5) is 22.9. The molecule has 6 nitrogen and oxygen atoms in total. The fourth-order valence-corrected chi connectivity index (χ4v) is 1.89. The average Bonchev–Trinajstić information content (AvgIpc) is 2.45. The van der Waals surface area contributed by atoms with Gasteiger partial charge in [0, 0.05) is 6.04 Å². The smallest absolute Gasteiger partial charge is 0.339 e. The van der Waals surface area contributed by atoms with Gasteiger partial charge in [-0.05, 0) is 31.5 Å². The van der Waals surface area contributed by atoms with Crippen LogP contribution in [0.25, 0.3) is 0 Å². The monoisotopic (exact) mass is 295 g/mol. The Bertz CT molecular complexity index is 501. The van der Waals surface area contributed by atoms with Gasteiger partial charge in [0.05, 0.1) is 7.11 Å². The Hall–Kier alpha value is -2.24. The molecular formula is C15H21NO5. The second kappa shape index (κ2) is 8.14. The zero-order valence-electron chi connectivity index (χ0n) is 12.5. The first-order chi connectivity index (χ1) is 9.97. The summed E-state index contributed by atoms with van der Waals surface area (Å²) in [5.41, 5.74) is -0.0382. The van der Waals surface area contributed by atoms with E-state index < -0.39 is 5.97 Å². The normalized spacial score (nSPS) is 11.6. The Morgan fingerprint density at radius 2 is 2.10 bits per heavy atom. The van der Waals surface area contributed by atoms with E-state index in [0.717, 1.165) is 12.8 Å². The number of carboxylic acids is 1. The van der Waals surface area contributed by atoms with E-state index in [-0.39, 0.29) is 29.9 Å². The number of amides is 1. The first-order valence-corrected chi connectivity index (χ1v) is 6.81. The van der Waals surface area contributed by atoms with Gasteiger partial charge in [0.1, 0.15) is 17.1 Å². The van der Waals surface area contributed by atoms with Gasteiger partial charge >= 0.3 is 5.97 Å². The van der Waals surface area contributed by atoms with Gasteiger partial charge in [-0.3, -0.25) is 4.79 Å². The van der Waals surface area contributed by atoms with Crippen LogP contribution in [0.15, 0.2) is 18.2 Å². The molecule has 2 N–H and O–H groups in total. The maximum absolute atomic E-state index is 11.7. The van der Waals surface area contributed by atoms with Crippen molar-refractivity contribution in [3.8, 4) is 11.5 Å². The number of carboxylic acid groups (broad SMARTS) is 1. The number of hydrogen-bond acceptors (Lipinski definition) is 4. The van der Waals surface area contributed by atoms with E-state index in [9.17, 15) is 9.59 Å². The van der Waals surface area contributed by atoms with Gasteiger partial charge in [-0.15, -0.1) is 0 Å². The van der Waals surface area contributed by atoms with Gasteiger partial charge in [-0.25, -0.2) is 4.79 Å². The highest BCUT2D eigenvalue weighted by Crippen LogP contribution is 2.24. The summed E-state index contributed by atoms with van der Waals surface area (Å²) in [6.45, 7) is 3.73. The molecule has 1 aromatic carbocycles. The highest BCUT2D eigenvalue weighted by atomic mass is 16.5. The molecule has 0 aliphatic heterocycles. The molecule has 1 atom stereocenters. The third-order valence-corrected chi connectivity index (χ3v) is 2.90. The van der Waals surface area contributed by atoms with Crippen LogP contribution in [0, 0.1) is 0 Å². The molecule has 116 valence electrons. The van der Waals surface area contributed by atoms with E-state index in [1.165, 1.54) is 19.2 Å². The first-order valence-electron chi connectivity index (χ1n) is 6.81. The Balaban J connectivity index is 2.66. The van der Waals surface area contributed by atoms with Crippen molar-refractivity contribution >= 4 is 11.9 Å². The number of benzene rings is 1. The van der Waals surface area contributed by atoms with Gasteiger partial charge in [0.15, 0.2) is 6.61 Å². The van der Waals surface area contributed by atoms with E-state index in [2.05, 4.69) is 5.32 Å². The summed E-state index contributed by atoms with van der Waals surface area (Å²) in [6, 6.07) is 4.49. The molecule has 1 amide bonds. The van der Waals surface area contributed by atoms with E-state index in [0.29, 0.717) is 5.75 Å². The third-order valence-electron chi connectivity index (χ3n) is 2.90. The molecule has 0 heterocycles. The molecule has 0 bridgehead atoms. The minimum absolute atomic E-state index is 0.0382. The van der Waals surface area contributed by atoms with Crippen molar-refractivity contribution in [3.63, 3.8) is 0 Å². The van der Waals surface area contributed by atoms with Crippen molar-refractivity contribution in [2.24, 2.45) is 0 Å². The molecule has 0 saturated heterocycles. The van der Waals surface area contributed by atoms with Crippen LogP contribution in [0.4, 0.5) is 0 Å². The van der Waals surface area contributed by atoms with Crippen LogP contribution >= 0.6 is 0 Å². The number of ether oxygens (including phenoxy) is 2. The summed E-state index contributed by atoms with van der Waals surface area (Å²) < 4.78 is 10.3. The van der Waals surface area contributed by atoms with Crippen molar-refractivity contribution in [1.29, 1.82) is 0 Å². The predicted molar refractivity (Wildman–Crippen MR) is 78.0 cm³/mol. The lowest BCUT2D eigenvalue weighted by molar-refractivity contribution is -0.123. The third kappa shape index (κ3) is 5.33. The fraction of sp³-hybridized carbons (Fsp3) is 0.467. The minimum Gasteiger partial charge on any atom is -0.497 e. The van der Waals surface area contributed by atoms with Gasteiger partial charge < -0.3 is 19.9 Å². The van der Waals surface area contributed by atoms with Crippen molar-refractivity contribution in [2.75, 3.05) is 13.7 Å². The van der Waals surface area contributed by atoms with E-state index >= 15 is 0 Å². The topological polar surface area (TPSA) is 84.9 Å². The highest BCUT2D eigenvalue weighted by molar-refractivity contribution is 5.91. The van der Waals surface area contributed by atoms with Gasteiger partial charge in [0.2, 0.25) is 0 Å². The summed E-state index contributed by atoms with van der Waals surface area (Å²) in [5.74, 6) is -0.853. The Kier molecular flexibility index (Phi) is 6.52. The second-order valence-corrected chi connectivity index (χ2v) is 4.71. The van der Waals surface area contributed by atoms with E-state index in [1.54, 1.807) is 6.07 Å². The Morgan fingerprint density at radius 1 is 1.38 bits per heavy atom. The lowest BCUT2D eigenvalue weighted by Gasteiger charge is -2.14. The molecule has 0 radical (unpaired) electrons. The van der Waals surface area contributed by atoms with Crippen LogP contribution in [0.1, 0.15) is 37.0 Å². The fourth-order valence-electron chi connectivity index (χ4n) is 1.89. The molecule has 1 unspecified atom stereocenters. The molecule has 1 aromatic rings. The lowest BCUT2D eigenvalue weighted by atomic mass is 10.2. The molecule has 0 aliphatic carbocycles. The second-order valence-electron chi connectivity index (χ2n) is 4.71. The molecule has 6 heteroatoms. The molecule has 0 fully saturated rings. The number of aromatic carboxylic acids is 1. The lowest BCUT2D eigenvalue weighted by Crippen LogP contribution is -2.36. The van der Waals surface area contributed by atoms with Crippen LogP contribution < -0.4 is 14.8 Å². The van der Waals surface area contributed by atoms with E-state index in [4.69, 9.17) is 14.6 Å². The van der Waals surface area contributed by atoms with Crippen LogP contribution in [0.3, 0.4) is 0 Å². The SMILES string of the molecule is CCCC(C)NC(=O)COc1ccc(OC)cc1C(=O)O. The number of rotatable bonds is 8. The molecule has 0 saturated carbocycles. The number of methoxy groups -OCH3 is 1. The number of hydrogen-bond donors (Lipinski definition) is 2. The molecule has 0 spiro atoms. The van der Waals surface area contributed by atoms with Crippen LogP contribution in [-0.4, -0.2) is 36.7 Å². The first kappa shape index (κ1) is 16.8. The Morgan fingerprint density at radius 3 is 2.67 bits per heavy atom. The largest absolute Gasteiger partial charge is 0.497 e. The Labute approximate surface area is 124 Å². The van der Waals surface area contributed by atoms with E-state index in [1.807, 2.05) is 13.8 Å². The number of carbonyl (C=O) groups excluding carboxylic acids is 1. The van der Waals surface area contributed by atoms with Crippen molar-refractivity contribution in [1.82, 2.24) is 5.32 Å².